The second-order valence-corrected chi connectivity index (χ2v) is 6.33. The third-order valence-corrected chi connectivity index (χ3v) is 4.06. The van der Waals surface area contributed by atoms with Crippen molar-refractivity contribution in [3.05, 3.63) is 75.3 Å². The first-order chi connectivity index (χ1) is 11.9. The molecule has 0 fully saturated rings. The number of nitro benzene ring substituents is 1. The summed E-state index contributed by atoms with van der Waals surface area (Å²) in [5.74, 6) is 0.301. The Labute approximate surface area is 159 Å². The molecule has 26 heavy (non-hydrogen) atoms. The van der Waals surface area contributed by atoms with Crippen LogP contribution in [-0.2, 0) is 11.2 Å². The monoisotopic (exact) mass is 377 g/mol. The molecule has 7 heteroatoms. The first kappa shape index (κ1) is 21.6. The average Bonchev–Trinajstić information content (AvgIpc) is 2.60. The number of non-ortho nitro benzene ring substituents is 1. The van der Waals surface area contributed by atoms with E-state index in [0.29, 0.717) is 12.5 Å². The number of benzene rings is 2. The molecule has 0 aromatic heterocycles. The van der Waals surface area contributed by atoms with Gasteiger partial charge in [-0.3, -0.25) is 14.9 Å². The molecule has 2 aromatic carbocycles. The lowest BCUT2D eigenvalue weighted by Gasteiger charge is -2.14. The molecule has 6 nitrogen and oxygen atoms in total. The SMILES string of the molecule is CC(C)c1ccc(C(N)CNC(=O)Cc2ccc([N+](=O)[O-])cc2)cc1.Cl. The van der Waals surface area contributed by atoms with E-state index in [0.717, 1.165) is 11.1 Å². The molecule has 0 aliphatic rings. The zero-order valence-corrected chi connectivity index (χ0v) is 15.7. The van der Waals surface area contributed by atoms with E-state index in [1.807, 2.05) is 12.1 Å². The number of nitrogens with zero attached hydrogens (tertiary/aromatic N) is 1. The lowest BCUT2D eigenvalue weighted by molar-refractivity contribution is -0.384. The molecular weight excluding hydrogens is 354 g/mol. The summed E-state index contributed by atoms with van der Waals surface area (Å²) in [7, 11) is 0. The van der Waals surface area contributed by atoms with Crippen LogP contribution in [-0.4, -0.2) is 17.4 Å². The zero-order valence-electron chi connectivity index (χ0n) is 14.8. The van der Waals surface area contributed by atoms with E-state index in [-0.39, 0.29) is 36.5 Å². The summed E-state index contributed by atoms with van der Waals surface area (Å²) in [6.07, 6.45) is 0.164. The van der Waals surface area contributed by atoms with E-state index >= 15 is 0 Å². The van der Waals surface area contributed by atoms with Gasteiger partial charge in [0.1, 0.15) is 0 Å². The van der Waals surface area contributed by atoms with E-state index in [1.165, 1.54) is 17.7 Å². The van der Waals surface area contributed by atoms with Crippen LogP contribution in [0.3, 0.4) is 0 Å². The molecule has 140 valence electrons. The van der Waals surface area contributed by atoms with Crippen molar-refractivity contribution in [2.75, 3.05) is 6.54 Å². The smallest absolute Gasteiger partial charge is 0.269 e. The molecular formula is C19H24ClN3O3. The van der Waals surface area contributed by atoms with Gasteiger partial charge >= 0.3 is 0 Å². The lowest BCUT2D eigenvalue weighted by atomic mass is 9.99. The maximum absolute atomic E-state index is 12.0. The number of halogens is 1. The maximum atomic E-state index is 12.0. The van der Waals surface area contributed by atoms with Crippen molar-refractivity contribution in [1.82, 2.24) is 5.32 Å². The first-order valence-electron chi connectivity index (χ1n) is 8.22. The highest BCUT2D eigenvalue weighted by atomic mass is 35.5. The number of carbonyl (C=O) groups is 1. The van der Waals surface area contributed by atoms with Crippen molar-refractivity contribution in [2.24, 2.45) is 5.73 Å². The van der Waals surface area contributed by atoms with Crippen LogP contribution in [0.2, 0.25) is 0 Å². The van der Waals surface area contributed by atoms with Gasteiger partial charge in [-0.1, -0.05) is 50.2 Å². The molecule has 0 saturated carbocycles. The Balaban J connectivity index is 0.00000338. The minimum atomic E-state index is -0.465. The lowest BCUT2D eigenvalue weighted by Crippen LogP contribution is -2.32. The Bertz CT molecular complexity index is 731. The molecule has 1 amide bonds. The minimum absolute atomic E-state index is 0. The van der Waals surface area contributed by atoms with Gasteiger partial charge in [-0.2, -0.15) is 0 Å². The predicted octanol–water partition coefficient (Wildman–Crippen LogP) is 3.50. The maximum Gasteiger partial charge on any atom is 0.269 e. The van der Waals surface area contributed by atoms with Gasteiger partial charge in [-0.15, -0.1) is 12.4 Å². The van der Waals surface area contributed by atoms with Crippen molar-refractivity contribution < 1.29 is 9.72 Å². The molecule has 0 spiro atoms. The van der Waals surface area contributed by atoms with Gasteiger partial charge in [0, 0.05) is 24.7 Å². The highest BCUT2D eigenvalue weighted by Crippen LogP contribution is 2.17. The van der Waals surface area contributed by atoms with Crippen molar-refractivity contribution in [3.63, 3.8) is 0 Å². The van der Waals surface area contributed by atoms with E-state index in [9.17, 15) is 14.9 Å². The molecule has 1 unspecified atom stereocenters. The molecule has 0 heterocycles. The molecule has 3 N–H and O–H groups in total. The van der Waals surface area contributed by atoms with Gasteiger partial charge in [-0.25, -0.2) is 0 Å². The number of nitrogens with two attached hydrogens (primary N) is 1. The fourth-order valence-corrected chi connectivity index (χ4v) is 2.45. The van der Waals surface area contributed by atoms with Crippen molar-refractivity contribution in [2.45, 2.75) is 32.2 Å². The number of hydrogen-bond acceptors (Lipinski definition) is 4. The normalized spacial score (nSPS) is 11.5. The first-order valence-corrected chi connectivity index (χ1v) is 8.22. The van der Waals surface area contributed by atoms with Gasteiger partial charge < -0.3 is 11.1 Å². The van der Waals surface area contributed by atoms with Crippen LogP contribution in [0.25, 0.3) is 0 Å². The van der Waals surface area contributed by atoms with Crippen molar-refractivity contribution in [1.29, 1.82) is 0 Å². The van der Waals surface area contributed by atoms with Crippen LogP contribution in [0.1, 0.15) is 42.5 Å². The van der Waals surface area contributed by atoms with Crippen molar-refractivity contribution in [3.8, 4) is 0 Å². The number of amides is 1. The average molecular weight is 378 g/mol. The Morgan fingerprint density at radius 1 is 1.08 bits per heavy atom. The van der Waals surface area contributed by atoms with Crippen molar-refractivity contribution >= 4 is 24.0 Å². The standard InChI is InChI=1S/C19H23N3O3.ClH/c1-13(2)15-5-7-16(8-6-15)18(20)12-21-19(23)11-14-3-9-17(10-4-14)22(24)25;/h3-10,13,18H,11-12,20H2,1-2H3,(H,21,23);1H. The Morgan fingerprint density at radius 3 is 2.12 bits per heavy atom. The predicted molar refractivity (Wildman–Crippen MR) is 105 cm³/mol. The number of nitro groups is 1. The molecule has 2 rings (SSSR count). The molecule has 2 aromatic rings. The summed E-state index contributed by atoms with van der Waals surface area (Å²) < 4.78 is 0. The van der Waals surface area contributed by atoms with Crippen LogP contribution in [0.4, 0.5) is 5.69 Å². The largest absolute Gasteiger partial charge is 0.354 e. The van der Waals surface area contributed by atoms with Gasteiger partial charge in [0.05, 0.1) is 11.3 Å². The van der Waals surface area contributed by atoms with E-state index in [4.69, 9.17) is 5.73 Å². The molecule has 0 radical (unpaired) electrons. The Kier molecular flexibility index (Phi) is 8.22. The highest BCUT2D eigenvalue weighted by molar-refractivity contribution is 5.85. The third kappa shape index (κ3) is 6.13. The fraction of sp³-hybridized carbons (Fsp3) is 0.316. The van der Waals surface area contributed by atoms with E-state index in [2.05, 4.69) is 31.3 Å². The summed E-state index contributed by atoms with van der Waals surface area (Å²) in [6.45, 7) is 4.60. The fourth-order valence-electron chi connectivity index (χ4n) is 2.45. The number of hydrogen-bond donors (Lipinski definition) is 2. The van der Waals surface area contributed by atoms with E-state index < -0.39 is 4.92 Å². The van der Waals surface area contributed by atoms with Gasteiger partial charge in [0.2, 0.25) is 5.91 Å². The van der Waals surface area contributed by atoms with E-state index in [1.54, 1.807) is 12.1 Å². The van der Waals surface area contributed by atoms with Crippen LogP contribution in [0.15, 0.2) is 48.5 Å². The van der Waals surface area contributed by atoms with Crippen LogP contribution in [0.5, 0.6) is 0 Å². The summed E-state index contributed by atoms with van der Waals surface area (Å²) in [5, 5.41) is 13.4. The zero-order chi connectivity index (χ0) is 18.4. The number of carbonyl (C=O) groups excluding carboxylic acids is 1. The van der Waals surface area contributed by atoms with Crippen LogP contribution in [0, 0.1) is 10.1 Å². The number of rotatable bonds is 7. The quantitative estimate of drug-likeness (QED) is 0.569. The molecule has 0 aliphatic carbocycles. The minimum Gasteiger partial charge on any atom is -0.354 e. The van der Waals surface area contributed by atoms with Gasteiger partial charge in [0.15, 0.2) is 0 Å². The molecule has 0 saturated heterocycles. The molecule has 0 bridgehead atoms. The van der Waals surface area contributed by atoms with Gasteiger partial charge in [0.25, 0.3) is 5.69 Å². The summed E-state index contributed by atoms with van der Waals surface area (Å²) in [4.78, 5) is 22.2. The summed E-state index contributed by atoms with van der Waals surface area (Å²) in [6, 6.07) is 13.8. The number of nitrogens with one attached hydrogen (secondary N) is 1. The van der Waals surface area contributed by atoms with Gasteiger partial charge in [-0.05, 0) is 22.6 Å². The summed E-state index contributed by atoms with van der Waals surface area (Å²) in [5.41, 5.74) is 9.08. The second kappa shape index (κ2) is 9.89. The second-order valence-electron chi connectivity index (χ2n) is 6.33. The molecule has 0 aliphatic heterocycles. The summed E-state index contributed by atoms with van der Waals surface area (Å²) >= 11 is 0. The van der Waals surface area contributed by atoms with Crippen LogP contribution >= 0.6 is 12.4 Å². The molecule has 1 atom stereocenters. The topological polar surface area (TPSA) is 98.3 Å². The third-order valence-electron chi connectivity index (χ3n) is 4.06. The highest BCUT2D eigenvalue weighted by Gasteiger charge is 2.10. The Hall–Kier alpha value is -2.44. The van der Waals surface area contributed by atoms with Crippen LogP contribution < -0.4 is 11.1 Å². The Morgan fingerprint density at radius 2 is 1.62 bits per heavy atom.